The van der Waals surface area contributed by atoms with Crippen LogP contribution in [0.15, 0.2) is 24.3 Å². The summed E-state index contributed by atoms with van der Waals surface area (Å²) >= 11 is 0. The third-order valence-corrected chi connectivity index (χ3v) is 2.13. The van der Waals surface area contributed by atoms with Gasteiger partial charge >= 0.3 is 5.97 Å². The lowest BCUT2D eigenvalue weighted by molar-refractivity contribution is 0.0600. The molecule has 0 aliphatic carbocycles. The predicted octanol–water partition coefficient (Wildman–Crippen LogP) is 2.43. The molecular weight excluding hydrogens is 188 g/mol. The van der Waals surface area contributed by atoms with Crippen LogP contribution in [0.2, 0.25) is 0 Å². The third kappa shape index (κ3) is 3.47. The maximum atomic E-state index is 11.2. The SMILES string of the molecule is C#CCCCc1cccc(C(=O)OC)c1. The van der Waals surface area contributed by atoms with Crippen LogP contribution in [0.5, 0.6) is 0 Å². The predicted molar refractivity (Wildman–Crippen MR) is 59.6 cm³/mol. The Kier molecular flexibility index (Phi) is 4.43. The Balaban J connectivity index is 2.66. The van der Waals surface area contributed by atoms with Crippen molar-refractivity contribution >= 4 is 5.97 Å². The van der Waals surface area contributed by atoms with E-state index in [1.165, 1.54) is 7.11 Å². The zero-order valence-corrected chi connectivity index (χ0v) is 8.82. The minimum Gasteiger partial charge on any atom is -0.465 e. The number of methoxy groups -OCH3 is 1. The minimum absolute atomic E-state index is 0.297. The average molecular weight is 202 g/mol. The van der Waals surface area contributed by atoms with Crippen LogP contribution in [0.25, 0.3) is 0 Å². The largest absolute Gasteiger partial charge is 0.465 e. The lowest BCUT2D eigenvalue weighted by atomic mass is 10.1. The van der Waals surface area contributed by atoms with Gasteiger partial charge in [0.05, 0.1) is 12.7 Å². The van der Waals surface area contributed by atoms with E-state index in [2.05, 4.69) is 10.7 Å². The van der Waals surface area contributed by atoms with Gasteiger partial charge in [0.25, 0.3) is 0 Å². The van der Waals surface area contributed by atoms with Crippen LogP contribution in [0, 0.1) is 12.3 Å². The van der Waals surface area contributed by atoms with Crippen LogP contribution in [0.1, 0.15) is 28.8 Å². The lowest BCUT2D eigenvalue weighted by Crippen LogP contribution is -2.01. The molecule has 0 bridgehead atoms. The smallest absolute Gasteiger partial charge is 0.337 e. The number of carbonyl (C=O) groups excluding carboxylic acids is 1. The molecule has 2 heteroatoms. The van der Waals surface area contributed by atoms with Gasteiger partial charge in [-0.05, 0) is 30.5 Å². The fourth-order valence-electron chi connectivity index (χ4n) is 1.37. The molecule has 0 radical (unpaired) electrons. The number of rotatable bonds is 4. The van der Waals surface area contributed by atoms with Crippen molar-refractivity contribution in [2.45, 2.75) is 19.3 Å². The van der Waals surface area contributed by atoms with Crippen LogP contribution >= 0.6 is 0 Å². The van der Waals surface area contributed by atoms with E-state index in [0.717, 1.165) is 24.8 Å². The van der Waals surface area contributed by atoms with E-state index in [1.54, 1.807) is 6.07 Å². The molecule has 1 aromatic rings. The average Bonchev–Trinajstić information content (AvgIpc) is 2.29. The van der Waals surface area contributed by atoms with E-state index in [1.807, 2.05) is 18.2 Å². The first-order valence-electron chi connectivity index (χ1n) is 4.88. The number of hydrogen-bond acceptors (Lipinski definition) is 2. The zero-order chi connectivity index (χ0) is 11.1. The monoisotopic (exact) mass is 202 g/mol. The zero-order valence-electron chi connectivity index (χ0n) is 8.82. The van der Waals surface area contributed by atoms with E-state index in [4.69, 9.17) is 6.42 Å². The van der Waals surface area contributed by atoms with Crippen molar-refractivity contribution in [3.05, 3.63) is 35.4 Å². The summed E-state index contributed by atoms with van der Waals surface area (Å²) < 4.78 is 4.65. The molecule has 0 aliphatic heterocycles. The highest BCUT2D eigenvalue weighted by molar-refractivity contribution is 5.89. The highest BCUT2D eigenvalue weighted by atomic mass is 16.5. The molecule has 0 spiro atoms. The second-order valence-corrected chi connectivity index (χ2v) is 3.25. The summed E-state index contributed by atoms with van der Waals surface area (Å²) in [4.78, 5) is 11.2. The number of ether oxygens (including phenoxy) is 1. The van der Waals surface area contributed by atoms with E-state index < -0.39 is 0 Å². The Labute approximate surface area is 90.3 Å². The Bertz CT molecular complexity index is 374. The summed E-state index contributed by atoms with van der Waals surface area (Å²) in [6.45, 7) is 0. The molecule has 0 atom stereocenters. The van der Waals surface area contributed by atoms with E-state index in [-0.39, 0.29) is 5.97 Å². The summed E-state index contributed by atoms with van der Waals surface area (Å²) in [7, 11) is 1.38. The lowest BCUT2D eigenvalue weighted by Gasteiger charge is -2.02. The maximum absolute atomic E-state index is 11.2. The van der Waals surface area contributed by atoms with Crippen LogP contribution in [0.4, 0.5) is 0 Å². The van der Waals surface area contributed by atoms with Gasteiger partial charge in [0.2, 0.25) is 0 Å². The molecule has 0 aromatic heterocycles. The van der Waals surface area contributed by atoms with E-state index >= 15 is 0 Å². The first-order valence-corrected chi connectivity index (χ1v) is 4.88. The molecular formula is C13H14O2. The molecule has 0 amide bonds. The normalized spacial score (nSPS) is 9.33. The third-order valence-electron chi connectivity index (χ3n) is 2.13. The Morgan fingerprint density at radius 2 is 2.33 bits per heavy atom. The van der Waals surface area contributed by atoms with E-state index in [0.29, 0.717) is 5.56 Å². The molecule has 15 heavy (non-hydrogen) atoms. The van der Waals surface area contributed by atoms with Crippen molar-refractivity contribution in [2.75, 3.05) is 7.11 Å². The Hall–Kier alpha value is -1.75. The molecule has 2 nitrogen and oxygen atoms in total. The number of hydrogen-bond donors (Lipinski definition) is 0. The highest BCUT2D eigenvalue weighted by Gasteiger charge is 2.04. The van der Waals surface area contributed by atoms with Gasteiger partial charge in [0.1, 0.15) is 0 Å². The summed E-state index contributed by atoms with van der Waals surface area (Å²) in [6.07, 6.45) is 7.78. The molecule has 1 rings (SSSR count). The first-order chi connectivity index (χ1) is 7.27. The highest BCUT2D eigenvalue weighted by Crippen LogP contribution is 2.09. The number of aryl methyl sites for hydroxylation is 1. The van der Waals surface area contributed by atoms with Gasteiger partial charge in [-0.2, -0.15) is 0 Å². The van der Waals surface area contributed by atoms with Gasteiger partial charge in [-0.1, -0.05) is 12.1 Å². The molecule has 0 saturated heterocycles. The molecule has 0 fully saturated rings. The van der Waals surface area contributed by atoms with Crippen LogP contribution in [0.3, 0.4) is 0 Å². The standard InChI is InChI=1S/C13H14O2/c1-3-4-5-7-11-8-6-9-12(10-11)13(14)15-2/h1,6,8-10H,4-5,7H2,2H3. The van der Waals surface area contributed by atoms with Gasteiger partial charge in [0.15, 0.2) is 0 Å². The number of unbranched alkanes of at least 4 members (excludes halogenated alkanes) is 1. The summed E-state index contributed by atoms with van der Waals surface area (Å²) in [6, 6.07) is 7.44. The summed E-state index contributed by atoms with van der Waals surface area (Å²) in [5, 5.41) is 0. The molecule has 1 aromatic carbocycles. The molecule has 78 valence electrons. The molecule has 0 N–H and O–H groups in total. The minimum atomic E-state index is -0.297. The van der Waals surface area contributed by atoms with Crippen molar-refractivity contribution in [3.8, 4) is 12.3 Å². The first kappa shape index (κ1) is 11.3. The van der Waals surface area contributed by atoms with Crippen LogP contribution in [-0.4, -0.2) is 13.1 Å². The molecule has 0 unspecified atom stereocenters. The van der Waals surface area contributed by atoms with Gasteiger partial charge < -0.3 is 4.74 Å². The van der Waals surface area contributed by atoms with Crippen molar-refractivity contribution in [2.24, 2.45) is 0 Å². The number of esters is 1. The summed E-state index contributed by atoms with van der Waals surface area (Å²) in [5.41, 5.74) is 1.71. The second kappa shape index (κ2) is 5.87. The summed E-state index contributed by atoms with van der Waals surface area (Å²) in [5.74, 6) is 2.30. The Morgan fingerprint density at radius 3 is 3.00 bits per heavy atom. The van der Waals surface area contributed by atoms with E-state index in [9.17, 15) is 4.79 Å². The topological polar surface area (TPSA) is 26.3 Å². The number of carbonyl (C=O) groups is 1. The van der Waals surface area contributed by atoms with Crippen molar-refractivity contribution in [1.29, 1.82) is 0 Å². The van der Waals surface area contributed by atoms with Gasteiger partial charge in [-0.3, -0.25) is 0 Å². The fraction of sp³-hybridized carbons (Fsp3) is 0.308. The number of benzene rings is 1. The Morgan fingerprint density at radius 1 is 1.53 bits per heavy atom. The molecule has 0 saturated carbocycles. The van der Waals surface area contributed by atoms with Crippen molar-refractivity contribution in [1.82, 2.24) is 0 Å². The molecule has 0 aliphatic rings. The van der Waals surface area contributed by atoms with Gasteiger partial charge in [-0.25, -0.2) is 4.79 Å². The molecule has 0 heterocycles. The quantitative estimate of drug-likeness (QED) is 0.426. The van der Waals surface area contributed by atoms with Crippen LogP contribution < -0.4 is 0 Å². The second-order valence-electron chi connectivity index (χ2n) is 3.25. The van der Waals surface area contributed by atoms with Gasteiger partial charge in [0, 0.05) is 6.42 Å². The van der Waals surface area contributed by atoms with Crippen molar-refractivity contribution in [3.63, 3.8) is 0 Å². The number of terminal acetylenes is 1. The maximum Gasteiger partial charge on any atom is 0.337 e. The fourth-order valence-corrected chi connectivity index (χ4v) is 1.37. The van der Waals surface area contributed by atoms with Gasteiger partial charge in [-0.15, -0.1) is 12.3 Å². The van der Waals surface area contributed by atoms with Crippen LogP contribution in [-0.2, 0) is 11.2 Å². The van der Waals surface area contributed by atoms with Crippen molar-refractivity contribution < 1.29 is 9.53 Å².